The van der Waals surface area contributed by atoms with Gasteiger partial charge in [-0.2, -0.15) is 0 Å². The topological polar surface area (TPSA) is 51.5 Å². The predicted molar refractivity (Wildman–Crippen MR) is 88.7 cm³/mol. The molecular weight excluding hydrogens is 292 g/mol. The highest BCUT2D eigenvalue weighted by Gasteiger charge is 2.36. The summed E-state index contributed by atoms with van der Waals surface area (Å²) in [6.45, 7) is 8.96. The first-order valence-corrected chi connectivity index (χ1v) is 8.55. The molecule has 0 aromatic carbocycles. The quantitative estimate of drug-likeness (QED) is 0.857. The Balaban J connectivity index is 1.84. The van der Waals surface area contributed by atoms with Crippen LogP contribution in [0.3, 0.4) is 0 Å². The first kappa shape index (κ1) is 16.2. The Hall–Kier alpha value is -1.62. The lowest BCUT2D eigenvalue weighted by Crippen LogP contribution is -2.52. The minimum absolute atomic E-state index is 0.000624. The van der Waals surface area contributed by atoms with E-state index in [1.807, 2.05) is 4.90 Å². The molecule has 1 saturated heterocycles. The molecule has 2 aliphatic rings. The van der Waals surface area contributed by atoms with Crippen molar-refractivity contribution in [2.45, 2.75) is 52.2 Å². The lowest BCUT2D eigenvalue weighted by atomic mass is 9.92. The van der Waals surface area contributed by atoms with E-state index < -0.39 is 0 Å². The van der Waals surface area contributed by atoms with Crippen molar-refractivity contribution in [3.63, 3.8) is 0 Å². The van der Waals surface area contributed by atoms with Crippen LogP contribution < -0.4 is 5.56 Å². The number of nitrogens with zero attached hydrogens (tertiary/aromatic N) is 2. The molecule has 23 heavy (non-hydrogen) atoms. The van der Waals surface area contributed by atoms with Gasteiger partial charge in [0.05, 0.1) is 17.8 Å². The van der Waals surface area contributed by atoms with E-state index in [0.717, 1.165) is 31.5 Å². The molecule has 2 aliphatic heterocycles. The molecule has 1 unspecified atom stereocenters. The summed E-state index contributed by atoms with van der Waals surface area (Å²) < 4.78 is 7.71. The van der Waals surface area contributed by atoms with Crippen molar-refractivity contribution in [2.75, 3.05) is 19.7 Å². The molecule has 1 aromatic rings. The van der Waals surface area contributed by atoms with Crippen molar-refractivity contribution in [2.24, 2.45) is 5.92 Å². The maximum absolute atomic E-state index is 13.0. The molecule has 0 spiro atoms. The summed E-state index contributed by atoms with van der Waals surface area (Å²) in [6, 6.07) is 3.23. The van der Waals surface area contributed by atoms with Gasteiger partial charge in [-0.15, -0.1) is 0 Å². The molecule has 5 nitrogen and oxygen atoms in total. The normalized spacial score (nSPS) is 24.1. The van der Waals surface area contributed by atoms with E-state index in [-0.39, 0.29) is 17.1 Å². The fourth-order valence-electron chi connectivity index (χ4n) is 3.99. The number of aromatic nitrogens is 1. The molecule has 0 N–H and O–H groups in total. The second-order valence-electron chi connectivity index (χ2n) is 7.41. The van der Waals surface area contributed by atoms with Gasteiger partial charge in [0.25, 0.3) is 11.5 Å². The Kier molecular flexibility index (Phi) is 4.32. The molecule has 1 atom stereocenters. The zero-order valence-electron chi connectivity index (χ0n) is 14.3. The van der Waals surface area contributed by atoms with Crippen LogP contribution in [0.4, 0.5) is 0 Å². The molecule has 0 aliphatic carbocycles. The molecule has 1 amide bonds. The summed E-state index contributed by atoms with van der Waals surface area (Å²) in [5.74, 6) is 0.559. The van der Waals surface area contributed by atoms with E-state index in [4.69, 9.17) is 4.74 Å². The summed E-state index contributed by atoms with van der Waals surface area (Å²) in [4.78, 5) is 26.8. The van der Waals surface area contributed by atoms with Gasteiger partial charge < -0.3 is 14.2 Å². The van der Waals surface area contributed by atoms with Crippen LogP contribution in [0.1, 0.15) is 49.7 Å². The van der Waals surface area contributed by atoms with E-state index >= 15 is 0 Å². The molecule has 126 valence electrons. The van der Waals surface area contributed by atoms with Crippen molar-refractivity contribution < 1.29 is 9.53 Å². The first-order chi connectivity index (χ1) is 10.9. The number of hydrogen-bond donors (Lipinski definition) is 0. The highest BCUT2D eigenvalue weighted by atomic mass is 16.5. The third-order valence-electron chi connectivity index (χ3n) is 4.79. The number of carbonyl (C=O) groups excluding carboxylic acids is 1. The third kappa shape index (κ3) is 3.20. The van der Waals surface area contributed by atoms with Gasteiger partial charge in [-0.25, -0.2) is 0 Å². The molecule has 1 aromatic heterocycles. The number of ether oxygens (including phenoxy) is 1. The zero-order valence-corrected chi connectivity index (χ0v) is 14.3. The molecule has 0 saturated carbocycles. The standard InChI is InChI=1S/C18H26N2O3/c1-13(2)11-18(3)12-19(9-10-23-18)17(22)14-6-7-16(21)20-8-4-5-15(14)20/h6-7,13H,4-5,8-12H2,1-3H3. The van der Waals surface area contributed by atoms with Crippen LogP contribution in [0, 0.1) is 5.92 Å². The van der Waals surface area contributed by atoms with Crippen LogP contribution in [0.15, 0.2) is 16.9 Å². The van der Waals surface area contributed by atoms with Crippen LogP contribution in [-0.4, -0.2) is 40.7 Å². The number of carbonyl (C=O) groups is 1. The van der Waals surface area contributed by atoms with Gasteiger partial charge >= 0.3 is 0 Å². The zero-order chi connectivity index (χ0) is 16.6. The van der Waals surface area contributed by atoms with Crippen LogP contribution in [-0.2, 0) is 17.7 Å². The fourth-order valence-corrected chi connectivity index (χ4v) is 3.99. The third-order valence-corrected chi connectivity index (χ3v) is 4.79. The number of hydrogen-bond acceptors (Lipinski definition) is 3. The summed E-state index contributed by atoms with van der Waals surface area (Å²) in [5.41, 5.74) is 1.31. The number of morpholine rings is 1. The Bertz CT molecular complexity index is 665. The Morgan fingerprint density at radius 3 is 2.87 bits per heavy atom. The fraction of sp³-hybridized carbons (Fsp3) is 0.667. The monoisotopic (exact) mass is 318 g/mol. The van der Waals surface area contributed by atoms with Gasteiger partial charge in [-0.05, 0) is 38.2 Å². The van der Waals surface area contributed by atoms with Crippen molar-refractivity contribution in [1.82, 2.24) is 9.47 Å². The number of fused-ring (bicyclic) bond motifs is 1. The van der Waals surface area contributed by atoms with Crippen LogP contribution in [0.25, 0.3) is 0 Å². The Labute approximate surface area is 137 Å². The van der Waals surface area contributed by atoms with E-state index in [0.29, 0.717) is 31.2 Å². The maximum atomic E-state index is 13.0. The van der Waals surface area contributed by atoms with E-state index in [2.05, 4.69) is 20.8 Å². The number of amides is 1. The summed E-state index contributed by atoms with van der Waals surface area (Å²) >= 11 is 0. The summed E-state index contributed by atoms with van der Waals surface area (Å²) in [6.07, 6.45) is 2.68. The smallest absolute Gasteiger partial charge is 0.255 e. The second-order valence-corrected chi connectivity index (χ2v) is 7.41. The van der Waals surface area contributed by atoms with Gasteiger partial charge in [-0.1, -0.05) is 13.8 Å². The highest BCUT2D eigenvalue weighted by Crippen LogP contribution is 2.27. The molecule has 5 heteroatoms. The molecule has 1 fully saturated rings. The Morgan fingerprint density at radius 2 is 2.13 bits per heavy atom. The van der Waals surface area contributed by atoms with Crippen molar-refractivity contribution in [3.05, 3.63) is 33.7 Å². The average Bonchev–Trinajstić information content (AvgIpc) is 2.96. The van der Waals surface area contributed by atoms with Gasteiger partial charge in [0.15, 0.2) is 0 Å². The van der Waals surface area contributed by atoms with Crippen LogP contribution in [0.5, 0.6) is 0 Å². The minimum Gasteiger partial charge on any atom is -0.372 e. The SMILES string of the molecule is CC(C)CC1(C)CN(C(=O)c2ccc(=O)n3c2CCC3)CCO1. The van der Waals surface area contributed by atoms with E-state index in [9.17, 15) is 9.59 Å². The van der Waals surface area contributed by atoms with Crippen molar-refractivity contribution in [3.8, 4) is 0 Å². The van der Waals surface area contributed by atoms with Crippen LogP contribution >= 0.6 is 0 Å². The Morgan fingerprint density at radius 1 is 1.35 bits per heavy atom. The summed E-state index contributed by atoms with van der Waals surface area (Å²) in [5, 5.41) is 0. The predicted octanol–water partition coefficient (Wildman–Crippen LogP) is 2.07. The lowest BCUT2D eigenvalue weighted by Gasteiger charge is -2.41. The van der Waals surface area contributed by atoms with E-state index in [1.165, 1.54) is 6.07 Å². The molecular formula is C18H26N2O3. The largest absolute Gasteiger partial charge is 0.372 e. The maximum Gasteiger partial charge on any atom is 0.255 e. The minimum atomic E-state index is -0.281. The van der Waals surface area contributed by atoms with Crippen molar-refractivity contribution >= 4 is 5.91 Å². The highest BCUT2D eigenvalue weighted by molar-refractivity contribution is 5.95. The summed E-state index contributed by atoms with van der Waals surface area (Å²) in [7, 11) is 0. The van der Waals surface area contributed by atoms with E-state index in [1.54, 1.807) is 10.6 Å². The second kappa shape index (κ2) is 6.11. The first-order valence-electron chi connectivity index (χ1n) is 8.55. The average molecular weight is 318 g/mol. The number of rotatable bonds is 3. The molecule has 0 bridgehead atoms. The molecule has 3 heterocycles. The number of pyridine rings is 1. The lowest BCUT2D eigenvalue weighted by molar-refractivity contribution is -0.0979. The molecule has 3 rings (SSSR count). The van der Waals surface area contributed by atoms with Gasteiger partial charge in [-0.3, -0.25) is 9.59 Å². The van der Waals surface area contributed by atoms with Gasteiger partial charge in [0.1, 0.15) is 0 Å². The molecule has 0 radical (unpaired) electrons. The van der Waals surface area contributed by atoms with Gasteiger partial charge in [0, 0.05) is 31.4 Å². The van der Waals surface area contributed by atoms with Gasteiger partial charge in [0.2, 0.25) is 0 Å². The van der Waals surface area contributed by atoms with Crippen LogP contribution in [0.2, 0.25) is 0 Å². The van der Waals surface area contributed by atoms with Crippen molar-refractivity contribution in [1.29, 1.82) is 0 Å².